The highest BCUT2D eigenvalue weighted by molar-refractivity contribution is 5.93. The van der Waals surface area contributed by atoms with Crippen LogP contribution in [-0.4, -0.2) is 63.0 Å². The highest BCUT2D eigenvalue weighted by Crippen LogP contribution is 2.45. The predicted molar refractivity (Wildman–Crippen MR) is 93.9 cm³/mol. The van der Waals surface area contributed by atoms with Gasteiger partial charge in [-0.15, -0.1) is 0 Å². The summed E-state index contributed by atoms with van der Waals surface area (Å²) in [5.74, 6) is 0.0000488. The molecule has 1 spiro atoms. The molecule has 2 amide bonds. The van der Waals surface area contributed by atoms with Crippen molar-refractivity contribution in [2.75, 3.05) is 19.6 Å². The Morgan fingerprint density at radius 2 is 1.96 bits per heavy atom. The van der Waals surface area contributed by atoms with E-state index in [0.29, 0.717) is 31.6 Å². The molecule has 25 heavy (non-hydrogen) atoms. The van der Waals surface area contributed by atoms with Gasteiger partial charge in [-0.2, -0.15) is 0 Å². The van der Waals surface area contributed by atoms with Crippen LogP contribution < -0.4 is 0 Å². The number of hydrogen-bond donors (Lipinski definition) is 1. The highest BCUT2D eigenvalue weighted by atomic mass is 16.3. The van der Waals surface area contributed by atoms with Gasteiger partial charge in [-0.3, -0.25) is 14.6 Å². The van der Waals surface area contributed by atoms with Gasteiger partial charge in [0, 0.05) is 39.0 Å². The first-order chi connectivity index (χ1) is 11.8. The molecule has 2 aliphatic heterocycles. The summed E-state index contributed by atoms with van der Waals surface area (Å²) in [4.78, 5) is 32.3. The number of aliphatic hydroxyl groups is 1. The lowest BCUT2D eigenvalue weighted by molar-refractivity contribution is -0.156. The summed E-state index contributed by atoms with van der Waals surface area (Å²) in [7, 11) is 0. The topological polar surface area (TPSA) is 73.7 Å². The van der Waals surface area contributed by atoms with Gasteiger partial charge in [0.15, 0.2) is 0 Å². The minimum Gasteiger partial charge on any atom is -0.391 e. The first-order valence-electron chi connectivity index (χ1n) is 8.91. The SMILES string of the molecule is CC(=O)N1CC2(CCN(C(=O)c3cccnc3)CC2)C[C@@H](O)C1(C)C. The predicted octanol–water partition coefficient (Wildman–Crippen LogP) is 1.70. The molecule has 6 heteroatoms. The van der Waals surface area contributed by atoms with E-state index in [1.807, 2.05) is 18.7 Å². The fourth-order valence-electron chi connectivity index (χ4n) is 4.18. The zero-order valence-electron chi connectivity index (χ0n) is 15.2. The minimum absolute atomic E-state index is 0.00279. The van der Waals surface area contributed by atoms with Crippen LogP contribution in [0.1, 0.15) is 50.4 Å². The van der Waals surface area contributed by atoms with Crippen LogP contribution in [0.2, 0.25) is 0 Å². The molecular weight excluding hydrogens is 318 g/mol. The Labute approximate surface area is 148 Å². The Morgan fingerprint density at radius 1 is 1.28 bits per heavy atom. The van der Waals surface area contributed by atoms with E-state index in [-0.39, 0.29) is 17.2 Å². The van der Waals surface area contributed by atoms with Crippen LogP contribution in [0, 0.1) is 5.41 Å². The van der Waals surface area contributed by atoms with E-state index in [2.05, 4.69) is 4.98 Å². The zero-order valence-corrected chi connectivity index (χ0v) is 15.2. The number of pyridine rings is 1. The van der Waals surface area contributed by atoms with Crippen molar-refractivity contribution in [2.24, 2.45) is 5.41 Å². The van der Waals surface area contributed by atoms with E-state index in [1.165, 1.54) is 0 Å². The molecular formula is C19H27N3O3. The number of aliphatic hydroxyl groups excluding tert-OH is 1. The van der Waals surface area contributed by atoms with E-state index in [4.69, 9.17) is 0 Å². The van der Waals surface area contributed by atoms with E-state index in [1.54, 1.807) is 36.4 Å². The number of piperidine rings is 2. The molecule has 2 saturated heterocycles. The maximum absolute atomic E-state index is 12.6. The quantitative estimate of drug-likeness (QED) is 0.841. The number of rotatable bonds is 1. The lowest BCUT2D eigenvalue weighted by atomic mass is 9.67. The summed E-state index contributed by atoms with van der Waals surface area (Å²) in [6, 6.07) is 3.55. The van der Waals surface area contributed by atoms with Gasteiger partial charge in [0.1, 0.15) is 0 Å². The smallest absolute Gasteiger partial charge is 0.255 e. The van der Waals surface area contributed by atoms with Crippen molar-refractivity contribution in [1.82, 2.24) is 14.8 Å². The van der Waals surface area contributed by atoms with Crippen LogP contribution in [0.4, 0.5) is 0 Å². The lowest BCUT2D eigenvalue weighted by Crippen LogP contribution is -2.64. The molecule has 0 aromatic carbocycles. The molecule has 136 valence electrons. The van der Waals surface area contributed by atoms with E-state index < -0.39 is 11.6 Å². The van der Waals surface area contributed by atoms with Crippen molar-refractivity contribution in [1.29, 1.82) is 0 Å². The standard InChI is InChI=1S/C19H27N3O3/c1-14(23)22-13-19(11-16(24)18(22,2)3)6-9-21(10-7-19)17(25)15-5-4-8-20-12-15/h4-5,8,12,16,24H,6-7,9-11,13H2,1-3H3/t16-/m1/s1. The third kappa shape index (κ3) is 3.27. The van der Waals surface area contributed by atoms with Crippen molar-refractivity contribution >= 4 is 11.8 Å². The maximum Gasteiger partial charge on any atom is 0.255 e. The van der Waals surface area contributed by atoms with Crippen molar-refractivity contribution in [3.05, 3.63) is 30.1 Å². The van der Waals surface area contributed by atoms with Gasteiger partial charge in [0.2, 0.25) is 5.91 Å². The molecule has 0 bridgehead atoms. The van der Waals surface area contributed by atoms with Crippen molar-refractivity contribution < 1.29 is 14.7 Å². The van der Waals surface area contributed by atoms with Crippen LogP contribution in [0.25, 0.3) is 0 Å². The van der Waals surface area contributed by atoms with E-state index >= 15 is 0 Å². The monoisotopic (exact) mass is 345 g/mol. The summed E-state index contributed by atoms with van der Waals surface area (Å²) >= 11 is 0. The Balaban J connectivity index is 1.71. The first-order valence-corrected chi connectivity index (χ1v) is 8.91. The maximum atomic E-state index is 12.6. The third-order valence-electron chi connectivity index (χ3n) is 6.03. The molecule has 0 saturated carbocycles. The molecule has 1 aromatic heterocycles. The van der Waals surface area contributed by atoms with Crippen LogP contribution in [-0.2, 0) is 4.79 Å². The summed E-state index contributed by atoms with van der Waals surface area (Å²) in [5, 5.41) is 10.6. The van der Waals surface area contributed by atoms with Crippen molar-refractivity contribution in [3.8, 4) is 0 Å². The van der Waals surface area contributed by atoms with Gasteiger partial charge in [-0.1, -0.05) is 0 Å². The van der Waals surface area contributed by atoms with Crippen molar-refractivity contribution in [2.45, 2.75) is 51.7 Å². The number of aromatic nitrogens is 1. The minimum atomic E-state index is -0.550. The molecule has 0 aliphatic carbocycles. The Hall–Kier alpha value is -1.95. The van der Waals surface area contributed by atoms with Crippen LogP contribution >= 0.6 is 0 Å². The highest BCUT2D eigenvalue weighted by Gasteiger charge is 2.50. The average Bonchev–Trinajstić information content (AvgIpc) is 2.59. The summed E-state index contributed by atoms with van der Waals surface area (Å²) in [5.41, 5.74) is -0.0415. The Morgan fingerprint density at radius 3 is 2.52 bits per heavy atom. The van der Waals surface area contributed by atoms with Gasteiger partial charge in [-0.05, 0) is 50.7 Å². The van der Waals surface area contributed by atoms with Crippen LogP contribution in [0.15, 0.2) is 24.5 Å². The molecule has 2 aliphatic rings. The second-order valence-electron chi connectivity index (χ2n) is 8.01. The Kier molecular flexibility index (Phi) is 4.58. The van der Waals surface area contributed by atoms with E-state index in [9.17, 15) is 14.7 Å². The van der Waals surface area contributed by atoms with Gasteiger partial charge in [-0.25, -0.2) is 0 Å². The second-order valence-corrected chi connectivity index (χ2v) is 8.01. The number of hydrogen-bond acceptors (Lipinski definition) is 4. The molecule has 0 radical (unpaired) electrons. The van der Waals surface area contributed by atoms with E-state index in [0.717, 1.165) is 12.8 Å². The summed E-state index contributed by atoms with van der Waals surface area (Å²) in [6.07, 6.45) is 4.98. The number of carbonyl (C=O) groups is 2. The summed E-state index contributed by atoms with van der Waals surface area (Å²) < 4.78 is 0. The zero-order chi connectivity index (χ0) is 18.2. The van der Waals surface area contributed by atoms with Gasteiger partial charge >= 0.3 is 0 Å². The van der Waals surface area contributed by atoms with Gasteiger partial charge in [0.05, 0.1) is 17.2 Å². The van der Waals surface area contributed by atoms with Gasteiger partial charge < -0.3 is 14.9 Å². The number of amides is 2. The van der Waals surface area contributed by atoms with Crippen molar-refractivity contribution in [3.63, 3.8) is 0 Å². The lowest BCUT2D eigenvalue weighted by Gasteiger charge is -2.55. The third-order valence-corrected chi connectivity index (χ3v) is 6.03. The molecule has 2 fully saturated rings. The number of nitrogens with zero attached hydrogens (tertiary/aromatic N) is 3. The molecule has 1 aromatic rings. The molecule has 3 heterocycles. The molecule has 3 rings (SSSR count). The fraction of sp³-hybridized carbons (Fsp3) is 0.632. The molecule has 1 atom stereocenters. The number of likely N-dealkylation sites (tertiary alicyclic amines) is 2. The van der Waals surface area contributed by atoms with Gasteiger partial charge in [0.25, 0.3) is 5.91 Å². The second kappa shape index (κ2) is 6.41. The normalized spacial score (nSPS) is 25.0. The van der Waals surface area contributed by atoms with Crippen LogP contribution in [0.5, 0.6) is 0 Å². The largest absolute Gasteiger partial charge is 0.391 e. The molecule has 1 N–H and O–H groups in total. The fourth-order valence-corrected chi connectivity index (χ4v) is 4.18. The first kappa shape index (κ1) is 17.9. The van der Waals surface area contributed by atoms with Crippen LogP contribution in [0.3, 0.4) is 0 Å². The molecule has 0 unspecified atom stereocenters. The Bertz CT molecular complexity index is 651. The summed E-state index contributed by atoms with van der Waals surface area (Å²) in [6.45, 7) is 7.36. The number of carbonyl (C=O) groups excluding carboxylic acids is 2. The average molecular weight is 345 g/mol. The molecule has 6 nitrogen and oxygen atoms in total.